The van der Waals surface area contributed by atoms with E-state index in [-0.39, 0.29) is 5.92 Å². The van der Waals surface area contributed by atoms with E-state index in [4.69, 9.17) is 10.8 Å². The molecule has 96 valence electrons. The molecule has 0 rings (SSSR count). The summed E-state index contributed by atoms with van der Waals surface area (Å²) in [5, 5.41) is 8.69. The first-order chi connectivity index (χ1) is 7.68. The van der Waals surface area contributed by atoms with Crippen LogP contribution in [0.15, 0.2) is 0 Å². The fraction of sp³-hybridized carbons (Fsp3) is 0.923. The third-order valence-electron chi connectivity index (χ3n) is 3.01. The molecule has 0 saturated carbocycles. The van der Waals surface area contributed by atoms with E-state index in [2.05, 4.69) is 0 Å². The van der Waals surface area contributed by atoms with Crippen LogP contribution in [0.4, 0.5) is 0 Å². The lowest BCUT2D eigenvalue weighted by molar-refractivity contribution is -0.141. The van der Waals surface area contributed by atoms with Crippen LogP contribution in [0.25, 0.3) is 0 Å². The van der Waals surface area contributed by atoms with Crippen molar-refractivity contribution in [3.63, 3.8) is 0 Å². The van der Waals surface area contributed by atoms with E-state index in [0.29, 0.717) is 0 Å². The van der Waals surface area contributed by atoms with Gasteiger partial charge in [0.2, 0.25) is 0 Å². The highest BCUT2D eigenvalue weighted by Crippen LogP contribution is 2.12. The molecule has 0 amide bonds. The fourth-order valence-corrected chi connectivity index (χ4v) is 1.78. The maximum atomic E-state index is 10.6. The van der Waals surface area contributed by atoms with Gasteiger partial charge in [0.05, 0.1) is 5.92 Å². The molecule has 1 unspecified atom stereocenters. The summed E-state index contributed by atoms with van der Waals surface area (Å²) in [6, 6.07) is 0. The molecule has 3 N–H and O–H groups in total. The lowest BCUT2D eigenvalue weighted by atomic mass is 10.0. The van der Waals surface area contributed by atoms with Gasteiger partial charge >= 0.3 is 5.97 Å². The first-order valence-corrected chi connectivity index (χ1v) is 6.61. The first-order valence-electron chi connectivity index (χ1n) is 6.61. The molecule has 3 nitrogen and oxygen atoms in total. The Morgan fingerprint density at radius 1 is 1.00 bits per heavy atom. The van der Waals surface area contributed by atoms with Crippen LogP contribution < -0.4 is 5.73 Å². The second kappa shape index (κ2) is 10.9. The number of hydrogen-bond donors (Lipinski definition) is 2. The predicted octanol–water partition coefficient (Wildman–Crippen LogP) is 3.18. The standard InChI is InChI=1S/C13H27NO2/c1-12(13(15)16)10-8-6-4-2-3-5-7-9-11-14/h12H,2-11,14H2,1H3,(H,15,16). The Hall–Kier alpha value is -0.570. The topological polar surface area (TPSA) is 63.3 Å². The van der Waals surface area contributed by atoms with Crippen LogP contribution in [0.2, 0.25) is 0 Å². The molecule has 0 saturated heterocycles. The highest BCUT2D eigenvalue weighted by atomic mass is 16.4. The van der Waals surface area contributed by atoms with Gasteiger partial charge in [-0.3, -0.25) is 4.79 Å². The second-order valence-corrected chi connectivity index (χ2v) is 4.65. The van der Waals surface area contributed by atoms with Crippen molar-refractivity contribution in [3.05, 3.63) is 0 Å². The maximum absolute atomic E-state index is 10.6. The zero-order valence-corrected chi connectivity index (χ0v) is 10.6. The van der Waals surface area contributed by atoms with Crippen molar-refractivity contribution >= 4 is 5.97 Å². The van der Waals surface area contributed by atoms with Gasteiger partial charge in [-0.1, -0.05) is 51.9 Å². The number of carbonyl (C=O) groups is 1. The Bertz CT molecular complexity index is 171. The molecule has 0 heterocycles. The van der Waals surface area contributed by atoms with Crippen molar-refractivity contribution in [2.45, 2.75) is 64.7 Å². The minimum absolute atomic E-state index is 0.176. The fourth-order valence-electron chi connectivity index (χ4n) is 1.78. The van der Waals surface area contributed by atoms with E-state index in [0.717, 1.165) is 25.8 Å². The van der Waals surface area contributed by atoms with Crippen LogP contribution in [0.1, 0.15) is 64.7 Å². The largest absolute Gasteiger partial charge is 0.481 e. The quantitative estimate of drug-likeness (QED) is 0.535. The van der Waals surface area contributed by atoms with Crippen molar-refractivity contribution in [1.29, 1.82) is 0 Å². The van der Waals surface area contributed by atoms with Crippen molar-refractivity contribution in [2.75, 3.05) is 6.54 Å². The van der Waals surface area contributed by atoms with Crippen LogP contribution in [0.5, 0.6) is 0 Å². The van der Waals surface area contributed by atoms with Gasteiger partial charge in [-0.25, -0.2) is 0 Å². The van der Waals surface area contributed by atoms with E-state index < -0.39 is 5.97 Å². The zero-order valence-electron chi connectivity index (χ0n) is 10.6. The monoisotopic (exact) mass is 229 g/mol. The van der Waals surface area contributed by atoms with E-state index in [1.165, 1.54) is 38.5 Å². The van der Waals surface area contributed by atoms with Crippen LogP contribution >= 0.6 is 0 Å². The van der Waals surface area contributed by atoms with Crippen molar-refractivity contribution in [1.82, 2.24) is 0 Å². The Balaban J connectivity index is 3.07. The lowest BCUT2D eigenvalue weighted by Gasteiger charge is -2.05. The molecule has 0 aromatic heterocycles. The molecule has 0 aliphatic rings. The third-order valence-corrected chi connectivity index (χ3v) is 3.01. The van der Waals surface area contributed by atoms with Gasteiger partial charge in [0.1, 0.15) is 0 Å². The van der Waals surface area contributed by atoms with Crippen LogP contribution in [-0.4, -0.2) is 17.6 Å². The summed E-state index contributed by atoms with van der Waals surface area (Å²) in [5.74, 6) is -0.841. The summed E-state index contributed by atoms with van der Waals surface area (Å²) in [5.41, 5.74) is 5.41. The van der Waals surface area contributed by atoms with Gasteiger partial charge in [-0.05, 0) is 19.4 Å². The number of unbranched alkanes of at least 4 members (excludes halogenated alkanes) is 7. The summed E-state index contributed by atoms with van der Waals surface area (Å²) in [4.78, 5) is 10.6. The molecule has 0 spiro atoms. The van der Waals surface area contributed by atoms with Crippen LogP contribution in [0.3, 0.4) is 0 Å². The lowest BCUT2D eigenvalue weighted by Crippen LogP contribution is -2.08. The molecule has 0 fully saturated rings. The van der Waals surface area contributed by atoms with Crippen molar-refractivity contribution < 1.29 is 9.90 Å². The van der Waals surface area contributed by atoms with Gasteiger partial charge in [-0.2, -0.15) is 0 Å². The molecule has 0 aliphatic heterocycles. The normalized spacial score (nSPS) is 12.6. The molecule has 16 heavy (non-hydrogen) atoms. The van der Waals surface area contributed by atoms with E-state index in [1.54, 1.807) is 6.92 Å². The predicted molar refractivity (Wildman–Crippen MR) is 67.4 cm³/mol. The van der Waals surface area contributed by atoms with Gasteiger partial charge in [0.25, 0.3) is 0 Å². The molecule has 0 aliphatic carbocycles. The molecule has 0 aromatic carbocycles. The highest BCUT2D eigenvalue weighted by molar-refractivity contribution is 5.69. The smallest absolute Gasteiger partial charge is 0.306 e. The minimum Gasteiger partial charge on any atom is -0.481 e. The molecule has 0 bridgehead atoms. The van der Waals surface area contributed by atoms with Crippen molar-refractivity contribution in [3.8, 4) is 0 Å². The number of rotatable bonds is 11. The Morgan fingerprint density at radius 2 is 1.44 bits per heavy atom. The Morgan fingerprint density at radius 3 is 1.88 bits per heavy atom. The maximum Gasteiger partial charge on any atom is 0.306 e. The average molecular weight is 229 g/mol. The van der Waals surface area contributed by atoms with Gasteiger partial charge in [0, 0.05) is 0 Å². The highest BCUT2D eigenvalue weighted by Gasteiger charge is 2.09. The minimum atomic E-state index is -0.665. The summed E-state index contributed by atoms with van der Waals surface area (Å²) in [6.45, 7) is 2.60. The first kappa shape index (κ1) is 15.4. The molecule has 3 heteroatoms. The number of hydrogen-bond acceptors (Lipinski definition) is 2. The number of nitrogens with two attached hydrogens (primary N) is 1. The van der Waals surface area contributed by atoms with Crippen LogP contribution in [-0.2, 0) is 4.79 Å². The SMILES string of the molecule is CC(CCCCCCCCCCN)C(=O)O. The molecule has 0 aromatic rings. The summed E-state index contributed by atoms with van der Waals surface area (Å²) < 4.78 is 0. The Labute approximate surface area is 99.4 Å². The van der Waals surface area contributed by atoms with Crippen LogP contribution in [0, 0.1) is 5.92 Å². The molecular formula is C13H27NO2. The average Bonchev–Trinajstić information content (AvgIpc) is 2.26. The number of carboxylic acids is 1. The second-order valence-electron chi connectivity index (χ2n) is 4.65. The van der Waals surface area contributed by atoms with E-state index >= 15 is 0 Å². The summed E-state index contributed by atoms with van der Waals surface area (Å²) >= 11 is 0. The Kier molecular flexibility index (Phi) is 10.5. The van der Waals surface area contributed by atoms with Gasteiger partial charge in [-0.15, -0.1) is 0 Å². The van der Waals surface area contributed by atoms with Gasteiger partial charge < -0.3 is 10.8 Å². The van der Waals surface area contributed by atoms with E-state index in [1.807, 2.05) is 0 Å². The molecular weight excluding hydrogens is 202 g/mol. The number of aliphatic carboxylic acids is 1. The summed E-state index contributed by atoms with van der Waals surface area (Å²) in [6.07, 6.45) is 10.6. The van der Waals surface area contributed by atoms with E-state index in [9.17, 15) is 4.79 Å². The zero-order chi connectivity index (χ0) is 12.2. The molecule has 0 radical (unpaired) electrons. The van der Waals surface area contributed by atoms with Crippen molar-refractivity contribution in [2.24, 2.45) is 11.7 Å². The summed E-state index contributed by atoms with van der Waals surface area (Å²) in [7, 11) is 0. The third kappa shape index (κ3) is 9.97. The van der Waals surface area contributed by atoms with Gasteiger partial charge in [0.15, 0.2) is 0 Å². The molecule has 1 atom stereocenters. The number of carboxylic acid groups (broad SMARTS) is 1.